The van der Waals surface area contributed by atoms with E-state index in [0.29, 0.717) is 16.8 Å². The molecule has 1 aliphatic carbocycles. The second-order valence-corrected chi connectivity index (χ2v) is 4.68. The van der Waals surface area contributed by atoms with Crippen molar-refractivity contribution in [3.8, 4) is 0 Å². The van der Waals surface area contributed by atoms with Gasteiger partial charge in [0.05, 0.1) is 16.6 Å². The normalized spacial score (nSPS) is 14.9. The number of nitrogens with zero attached hydrogens (tertiary/aromatic N) is 1. The van der Waals surface area contributed by atoms with Gasteiger partial charge in [-0.15, -0.1) is 0 Å². The van der Waals surface area contributed by atoms with Gasteiger partial charge >= 0.3 is 5.97 Å². The molecule has 3 rings (SSSR count). The third-order valence-electron chi connectivity index (χ3n) is 3.22. The molecule has 2 heterocycles. The molecule has 0 aromatic carbocycles. The number of aromatic carboxylic acids is 1. The fraction of sp³-hybridized carbons (Fsp3) is 0.308. The Labute approximate surface area is 102 Å². The lowest BCUT2D eigenvalue weighted by Crippen LogP contribution is -2.16. The maximum atomic E-state index is 12.1. The minimum Gasteiger partial charge on any atom is -0.477 e. The van der Waals surface area contributed by atoms with Gasteiger partial charge in [-0.2, -0.15) is 0 Å². The lowest BCUT2D eigenvalue weighted by atomic mass is 10.1. The number of carboxylic acid groups (broad SMARTS) is 1. The van der Waals surface area contributed by atoms with E-state index < -0.39 is 11.4 Å². The number of hydrogen-bond acceptors (Lipinski definition) is 3. The Hall–Kier alpha value is -2.17. The summed E-state index contributed by atoms with van der Waals surface area (Å²) < 4.78 is 0. The Kier molecular flexibility index (Phi) is 2.23. The average Bonchev–Trinajstić information content (AvgIpc) is 3.13. The van der Waals surface area contributed by atoms with E-state index in [1.165, 1.54) is 6.20 Å². The van der Waals surface area contributed by atoms with Crippen molar-refractivity contribution in [2.45, 2.75) is 25.7 Å². The largest absolute Gasteiger partial charge is 0.477 e. The molecule has 0 spiro atoms. The van der Waals surface area contributed by atoms with Crippen LogP contribution in [0.4, 0.5) is 0 Å². The van der Waals surface area contributed by atoms with Gasteiger partial charge < -0.3 is 10.1 Å². The first-order valence-electron chi connectivity index (χ1n) is 5.84. The van der Waals surface area contributed by atoms with Gasteiger partial charge in [0.15, 0.2) is 0 Å². The van der Waals surface area contributed by atoms with Crippen molar-refractivity contribution in [2.24, 2.45) is 0 Å². The molecule has 5 nitrogen and oxygen atoms in total. The molecule has 5 heteroatoms. The van der Waals surface area contributed by atoms with Gasteiger partial charge in [0.2, 0.25) is 5.43 Å². The summed E-state index contributed by atoms with van der Waals surface area (Å²) in [7, 11) is 0. The topological polar surface area (TPSA) is 83.0 Å². The van der Waals surface area contributed by atoms with Gasteiger partial charge in [-0.1, -0.05) is 0 Å². The number of nitrogens with one attached hydrogen (secondary N) is 1. The van der Waals surface area contributed by atoms with Crippen molar-refractivity contribution in [3.63, 3.8) is 0 Å². The lowest BCUT2D eigenvalue weighted by molar-refractivity contribution is 0.0695. The first kappa shape index (κ1) is 11.0. The van der Waals surface area contributed by atoms with E-state index in [4.69, 9.17) is 5.11 Å². The van der Waals surface area contributed by atoms with Crippen LogP contribution in [-0.2, 0) is 0 Å². The van der Waals surface area contributed by atoms with E-state index in [-0.39, 0.29) is 5.56 Å². The SMILES string of the molecule is Cc1cc2c(=O)c(C(=O)O)c[nH]c2c(C2CC2)n1. The molecule has 0 bridgehead atoms. The van der Waals surface area contributed by atoms with E-state index in [9.17, 15) is 9.59 Å². The third-order valence-corrected chi connectivity index (χ3v) is 3.22. The fourth-order valence-corrected chi connectivity index (χ4v) is 2.19. The van der Waals surface area contributed by atoms with Gasteiger partial charge in [0.1, 0.15) is 5.56 Å². The number of aryl methyl sites for hydroxylation is 1. The van der Waals surface area contributed by atoms with E-state index in [0.717, 1.165) is 24.2 Å². The maximum Gasteiger partial charge on any atom is 0.341 e. The molecule has 0 radical (unpaired) electrons. The molecule has 0 unspecified atom stereocenters. The first-order chi connectivity index (χ1) is 8.58. The number of carbonyl (C=O) groups is 1. The first-order valence-corrected chi connectivity index (χ1v) is 5.84. The van der Waals surface area contributed by atoms with Crippen LogP contribution >= 0.6 is 0 Å². The van der Waals surface area contributed by atoms with Gasteiger partial charge in [0.25, 0.3) is 0 Å². The highest BCUT2D eigenvalue weighted by Gasteiger charge is 2.28. The van der Waals surface area contributed by atoms with Crippen molar-refractivity contribution < 1.29 is 9.90 Å². The summed E-state index contributed by atoms with van der Waals surface area (Å²) in [5.74, 6) is -0.806. The van der Waals surface area contributed by atoms with Crippen LogP contribution in [0.25, 0.3) is 10.9 Å². The Morgan fingerprint density at radius 3 is 2.83 bits per heavy atom. The quantitative estimate of drug-likeness (QED) is 0.843. The highest BCUT2D eigenvalue weighted by atomic mass is 16.4. The van der Waals surface area contributed by atoms with Crippen LogP contribution in [0.2, 0.25) is 0 Å². The van der Waals surface area contributed by atoms with Crippen LogP contribution in [0.3, 0.4) is 0 Å². The van der Waals surface area contributed by atoms with Crippen LogP contribution in [0, 0.1) is 6.92 Å². The number of rotatable bonds is 2. The molecule has 18 heavy (non-hydrogen) atoms. The number of pyridine rings is 2. The monoisotopic (exact) mass is 244 g/mol. The molecule has 0 atom stereocenters. The van der Waals surface area contributed by atoms with Crippen molar-refractivity contribution in [2.75, 3.05) is 0 Å². The molecular formula is C13H12N2O3. The Balaban J connectivity index is 2.38. The second-order valence-electron chi connectivity index (χ2n) is 4.68. The predicted octanol–water partition coefficient (Wildman–Crippen LogP) is 1.81. The number of carboxylic acids is 1. The maximum absolute atomic E-state index is 12.1. The molecule has 1 saturated carbocycles. The van der Waals surface area contributed by atoms with E-state index in [1.807, 2.05) is 6.92 Å². The van der Waals surface area contributed by atoms with Crippen molar-refractivity contribution >= 4 is 16.9 Å². The van der Waals surface area contributed by atoms with Crippen molar-refractivity contribution in [3.05, 3.63) is 39.4 Å². The van der Waals surface area contributed by atoms with Crippen LogP contribution < -0.4 is 5.43 Å². The number of H-pyrrole nitrogens is 1. The molecule has 92 valence electrons. The Morgan fingerprint density at radius 1 is 1.50 bits per heavy atom. The molecular weight excluding hydrogens is 232 g/mol. The second kappa shape index (κ2) is 3.66. The highest BCUT2D eigenvalue weighted by molar-refractivity contribution is 5.93. The predicted molar refractivity (Wildman–Crippen MR) is 66.0 cm³/mol. The summed E-state index contributed by atoms with van der Waals surface area (Å²) in [6.45, 7) is 1.82. The smallest absolute Gasteiger partial charge is 0.341 e. The zero-order chi connectivity index (χ0) is 12.9. The van der Waals surface area contributed by atoms with E-state index in [1.54, 1.807) is 6.07 Å². The van der Waals surface area contributed by atoms with Gasteiger partial charge in [-0.3, -0.25) is 9.78 Å². The van der Waals surface area contributed by atoms with Crippen LogP contribution in [0.15, 0.2) is 17.1 Å². The van der Waals surface area contributed by atoms with Crippen LogP contribution in [0.5, 0.6) is 0 Å². The summed E-state index contributed by atoms with van der Waals surface area (Å²) in [6.07, 6.45) is 3.42. The molecule has 0 aliphatic heterocycles. The Bertz CT molecular complexity index is 714. The van der Waals surface area contributed by atoms with Crippen molar-refractivity contribution in [1.82, 2.24) is 9.97 Å². The zero-order valence-corrected chi connectivity index (χ0v) is 9.86. The third kappa shape index (κ3) is 1.59. The molecule has 2 N–H and O–H groups in total. The molecule has 0 saturated heterocycles. The van der Waals surface area contributed by atoms with Crippen molar-refractivity contribution in [1.29, 1.82) is 0 Å². The Morgan fingerprint density at radius 2 is 2.22 bits per heavy atom. The summed E-state index contributed by atoms with van der Waals surface area (Å²) in [4.78, 5) is 30.4. The minimum absolute atomic E-state index is 0.227. The van der Waals surface area contributed by atoms with Gasteiger partial charge in [0, 0.05) is 17.8 Å². The number of fused-ring (bicyclic) bond motifs is 1. The number of aromatic nitrogens is 2. The summed E-state index contributed by atoms with van der Waals surface area (Å²) in [5, 5.41) is 9.37. The van der Waals surface area contributed by atoms with Crippen LogP contribution in [-0.4, -0.2) is 21.0 Å². The standard InChI is InChI=1S/C13H12N2O3/c1-6-4-8-11(10(15-6)7-2-3-7)14-5-9(12(8)16)13(17)18/h4-5,7H,2-3H2,1H3,(H,14,16)(H,17,18). The van der Waals surface area contributed by atoms with Gasteiger partial charge in [-0.25, -0.2) is 4.79 Å². The molecule has 0 amide bonds. The minimum atomic E-state index is -1.21. The summed E-state index contributed by atoms with van der Waals surface area (Å²) in [5.41, 5.74) is 1.65. The molecule has 2 aromatic heterocycles. The van der Waals surface area contributed by atoms with Gasteiger partial charge in [-0.05, 0) is 25.8 Å². The number of aromatic amines is 1. The summed E-state index contributed by atoms with van der Waals surface area (Å²) >= 11 is 0. The van der Waals surface area contributed by atoms with E-state index in [2.05, 4.69) is 9.97 Å². The molecule has 2 aromatic rings. The van der Waals surface area contributed by atoms with Crippen LogP contribution in [0.1, 0.15) is 40.5 Å². The van der Waals surface area contributed by atoms with E-state index >= 15 is 0 Å². The number of hydrogen-bond donors (Lipinski definition) is 2. The molecule has 1 aliphatic rings. The zero-order valence-electron chi connectivity index (χ0n) is 9.86. The molecule has 1 fully saturated rings. The average molecular weight is 244 g/mol. The lowest BCUT2D eigenvalue weighted by Gasteiger charge is -2.06. The fourth-order valence-electron chi connectivity index (χ4n) is 2.19. The highest BCUT2D eigenvalue weighted by Crippen LogP contribution is 2.41. The summed E-state index contributed by atoms with van der Waals surface area (Å²) in [6, 6.07) is 1.65.